The maximum absolute atomic E-state index is 9.21. The highest BCUT2D eigenvalue weighted by Crippen LogP contribution is 2.20. The fourth-order valence-electron chi connectivity index (χ4n) is 0.794. The zero-order chi connectivity index (χ0) is 8.97. The predicted octanol–water partition coefficient (Wildman–Crippen LogP) is 0.0138. The minimum atomic E-state index is -0.477. The lowest BCUT2D eigenvalue weighted by Gasteiger charge is -2.02. The van der Waals surface area contributed by atoms with Crippen LogP contribution >= 0.6 is 11.3 Å². The maximum atomic E-state index is 9.21. The lowest BCUT2D eigenvalue weighted by molar-refractivity contribution is 0.184. The average Bonchev–Trinajstić information content (AvgIpc) is 2.52. The Kier molecular flexibility index (Phi) is 3.46. The van der Waals surface area contributed by atoms with Gasteiger partial charge in [0.1, 0.15) is 0 Å². The Morgan fingerprint density at radius 3 is 3.08 bits per heavy atom. The number of thiazole rings is 1. The van der Waals surface area contributed by atoms with Crippen molar-refractivity contribution in [2.45, 2.75) is 12.5 Å². The van der Waals surface area contributed by atoms with E-state index in [2.05, 4.69) is 4.98 Å². The highest BCUT2D eigenvalue weighted by atomic mass is 32.1. The van der Waals surface area contributed by atoms with Crippen LogP contribution in [0, 0.1) is 0 Å². The lowest BCUT2D eigenvalue weighted by Crippen LogP contribution is -2.21. The number of nitrogens with two attached hydrogens (primary N) is 1. The van der Waals surface area contributed by atoms with Gasteiger partial charge in [0.25, 0.3) is 5.19 Å². The lowest BCUT2D eigenvalue weighted by atomic mass is 10.2. The van der Waals surface area contributed by atoms with Crippen molar-refractivity contribution in [2.75, 3.05) is 13.7 Å². The third-order valence-corrected chi connectivity index (χ3v) is 2.40. The Morgan fingerprint density at radius 2 is 2.58 bits per heavy atom. The van der Waals surface area contributed by atoms with E-state index in [1.54, 1.807) is 13.3 Å². The van der Waals surface area contributed by atoms with Crippen LogP contribution in [-0.4, -0.2) is 29.8 Å². The molecule has 5 heteroatoms. The third-order valence-electron chi connectivity index (χ3n) is 1.42. The molecule has 0 aliphatic carbocycles. The summed E-state index contributed by atoms with van der Waals surface area (Å²) < 4.78 is 4.90. The topological polar surface area (TPSA) is 68.4 Å². The summed E-state index contributed by atoms with van der Waals surface area (Å²) in [5, 5.41) is 9.83. The molecule has 0 fully saturated rings. The molecular weight excluding hydrogens is 176 g/mol. The molecule has 68 valence electrons. The Balaban J connectivity index is 2.52. The fraction of sp³-hybridized carbons (Fsp3) is 0.571. The molecule has 1 unspecified atom stereocenters. The quantitative estimate of drug-likeness (QED) is 0.698. The summed E-state index contributed by atoms with van der Waals surface area (Å²) >= 11 is 1.43. The first-order chi connectivity index (χ1) is 5.76. The van der Waals surface area contributed by atoms with Gasteiger partial charge in [0.05, 0.1) is 13.2 Å². The molecule has 0 aromatic carbocycles. The van der Waals surface area contributed by atoms with E-state index in [4.69, 9.17) is 10.5 Å². The molecule has 0 aliphatic rings. The van der Waals surface area contributed by atoms with Crippen molar-refractivity contribution in [2.24, 2.45) is 5.73 Å². The van der Waals surface area contributed by atoms with E-state index < -0.39 is 6.10 Å². The second-order valence-corrected chi connectivity index (χ2v) is 3.47. The van der Waals surface area contributed by atoms with Crippen LogP contribution in [0.5, 0.6) is 5.19 Å². The maximum Gasteiger partial charge on any atom is 0.273 e. The van der Waals surface area contributed by atoms with Crippen LogP contribution in [0.3, 0.4) is 0 Å². The Bertz CT molecular complexity index is 239. The zero-order valence-electron chi connectivity index (χ0n) is 6.86. The first-order valence-corrected chi connectivity index (χ1v) is 4.44. The van der Waals surface area contributed by atoms with E-state index in [9.17, 15) is 5.11 Å². The van der Waals surface area contributed by atoms with Crippen molar-refractivity contribution in [3.05, 3.63) is 11.1 Å². The van der Waals surface area contributed by atoms with Crippen LogP contribution in [0.25, 0.3) is 0 Å². The van der Waals surface area contributed by atoms with Gasteiger partial charge in [0, 0.05) is 24.0 Å². The van der Waals surface area contributed by atoms with E-state index >= 15 is 0 Å². The summed E-state index contributed by atoms with van der Waals surface area (Å²) in [6.07, 6.45) is 1.77. The molecular formula is C7H12N2O2S. The van der Waals surface area contributed by atoms with Crippen LogP contribution in [0.2, 0.25) is 0 Å². The number of ether oxygens (including phenoxy) is 1. The molecule has 0 bridgehead atoms. The van der Waals surface area contributed by atoms with Gasteiger partial charge in [0.15, 0.2) is 0 Å². The summed E-state index contributed by atoms with van der Waals surface area (Å²) in [6, 6.07) is 0. The number of hydrogen-bond acceptors (Lipinski definition) is 5. The van der Waals surface area contributed by atoms with Crippen LogP contribution in [-0.2, 0) is 6.42 Å². The Hall–Kier alpha value is -0.650. The largest absolute Gasteiger partial charge is 0.473 e. The summed E-state index contributed by atoms with van der Waals surface area (Å²) in [7, 11) is 1.57. The van der Waals surface area contributed by atoms with Gasteiger partial charge < -0.3 is 15.6 Å². The van der Waals surface area contributed by atoms with Crippen LogP contribution in [0.4, 0.5) is 0 Å². The zero-order valence-corrected chi connectivity index (χ0v) is 7.67. The molecule has 0 radical (unpaired) electrons. The van der Waals surface area contributed by atoms with E-state index in [0.717, 1.165) is 4.88 Å². The first kappa shape index (κ1) is 9.44. The van der Waals surface area contributed by atoms with Crippen molar-refractivity contribution < 1.29 is 9.84 Å². The number of aliphatic hydroxyl groups is 1. The number of nitrogens with zero attached hydrogens (tertiary/aromatic N) is 1. The SMILES string of the molecule is COc1ncc(CC(O)CN)s1. The monoisotopic (exact) mass is 188 g/mol. The fourth-order valence-corrected chi connectivity index (χ4v) is 1.59. The summed E-state index contributed by atoms with van der Waals surface area (Å²) in [5.74, 6) is 0. The molecule has 12 heavy (non-hydrogen) atoms. The number of aromatic nitrogens is 1. The second-order valence-electron chi connectivity index (χ2n) is 2.39. The van der Waals surface area contributed by atoms with Crippen LogP contribution in [0.15, 0.2) is 6.20 Å². The molecule has 0 aliphatic heterocycles. The molecule has 4 nitrogen and oxygen atoms in total. The molecule has 1 atom stereocenters. The molecule has 0 spiro atoms. The molecule has 0 saturated heterocycles. The van der Waals surface area contributed by atoms with Gasteiger partial charge in [-0.1, -0.05) is 11.3 Å². The first-order valence-electron chi connectivity index (χ1n) is 3.63. The van der Waals surface area contributed by atoms with E-state index in [0.29, 0.717) is 11.6 Å². The Labute approximate surface area is 75.0 Å². The summed E-state index contributed by atoms with van der Waals surface area (Å²) in [5.41, 5.74) is 5.26. The van der Waals surface area contributed by atoms with Gasteiger partial charge in [-0.2, -0.15) is 0 Å². The smallest absolute Gasteiger partial charge is 0.273 e. The number of rotatable bonds is 4. The number of hydrogen-bond donors (Lipinski definition) is 2. The van der Waals surface area contributed by atoms with E-state index in [1.807, 2.05) is 0 Å². The minimum Gasteiger partial charge on any atom is -0.473 e. The summed E-state index contributed by atoms with van der Waals surface area (Å²) in [4.78, 5) is 4.96. The van der Waals surface area contributed by atoms with Gasteiger partial charge in [-0.3, -0.25) is 0 Å². The highest BCUT2D eigenvalue weighted by Gasteiger charge is 2.06. The van der Waals surface area contributed by atoms with E-state index in [1.165, 1.54) is 11.3 Å². The molecule has 1 aromatic heterocycles. The second kappa shape index (κ2) is 4.39. The number of methoxy groups -OCH3 is 1. The normalized spacial score (nSPS) is 12.9. The van der Waals surface area contributed by atoms with Gasteiger partial charge in [-0.05, 0) is 0 Å². The third kappa shape index (κ3) is 2.44. The molecule has 3 N–H and O–H groups in total. The number of aliphatic hydroxyl groups excluding tert-OH is 1. The van der Waals surface area contributed by atoms with Gasteiger partial charge in [-0.15, -0.1) is 0 Å². The van der Waals surface area contributed by atoms with Crippen LogP contribution < -0.4 is 10.5 Å². The van der Waals surface area contributed by atoms with E-state index in [-0.39, 0.29) is 6.54 Å². The average molecular weight is 188 g/mol. The van der Waals surface area contributed by atoms with Crippen LogP contribution in [0.1, 0.15) is 4.88 Å². The highest BCUT2D eigenvalue weighted by molar-refractivity contribution is 7.13. The standard InChI is InChI=1S/C7H12N2O2S/c1-11-7-9-4-6(12-7)2-5(10)3-8/h4-5,10H,2-3,8H2,1H3. The van der Waals surface area contributed by atoms with Crippen molar-refractivity contribution in [3.63, 3.8) is 0 Å². The van der Waals surface area contributed by atoms with Gasteiger partial charge in [-0.25, -0.2) is 4.98 Å². The van der Waals surface area contributed by atoms with Crippen molar-refractivity contribution in [3.8, 4) is 5.19 Å². The summed E-state index contributed by atoms with van der Waals surface area (Å²) in [6.45, 7) is 0.278. The molecule has 1 rings (SSSR count). The van der Waals surface area contributed by atoms with Crippen molar-refractivity contribution in [1.29, 1.82) is 0 Å². The van der Waals surface area contributed by atoms with Gasteiger partial charge >= 0.3 is 0 Å². The predicted molar refractivity (Wildman–Crippen MR) is 47.4 cm³/mol. The minimum absolute atomic E-state index is 0.278. The van der Waals surface area contributed by atoms with Crippen molar-refractivity contribution in [1.82, 2.24) is 4.98 Å². The molecule has 1 heterocycles. The molecule has 0 amide bonds. The van der Waals surface area contributed by atoms with Crippen molar-refractivity contribution >= 4 is 11.3 Å². The molecule has 0 saturated carbocycles. The van der Waals surface area contributed by atoms with Gasteiger partial charge in [0.2, 0.25) is 0 Å². The molecule has 1 aromatic rings. The Morgan fingerprint density at radius 1 is 1.83 bits per heavy atom.